The first-order valence-corrected chi connectivity index (χ1v) is 11.5. The van der Waals surface area contributed by atoms with E-state index in [1.54, 1.807) is 0 Å². The van der Waals surface area contributed by atoms with E-state index in [0.29, 0.717) is 6.42 Å². The molecule has 0 aliphatic heterocycles. The average Bonchev–Trinajstić information content (AvgIpc) is 2.64. The summed E-state index contributed by atoms with van der Waals surface area (Å²) in [5, 5.41) is 8.68. The van der Waals surface area contributed by atoms with E-state index in [1.165, 1.54) is 44.9 Å². The van der Waals surface area contributed by atoms with Crippen LogP contribution in [0.5, 0.6) is 0 Å². The van der Waals surface area contributed by atoms with E-state index in [9.17, 15) is 9.59 Å². The highest BCUT2D eigenvalue weighted by Gasteiger charge is 2.14. The van der Waals surface area contributed by atoms with Gasteiger partial charge in [-0.15, -0.1) is 0 Å². The predicted molar refractivity (Wildman–Crippen MR) is 112 cm³/mol. The van der Waals surface area contributed by atoms with Crippen LogP contribution in [-0.4, -0.2) is 23.1 Å². The minimum atomic E-state index is -0.715. The van der Waals surface area contributed by atoms with Gasteiger partial charge in [0.05, 0.1) is 0 Å². The molecule has 27 heavy (non-hydrogen) atoms. The van der Waals surface area contributed by atoms with Crippen molar-refractivity contribution < 1.29 is 19.4 Å². The number of esters is 1. The molecule has 0 saturated carbocycles. The Morgan fingerprint density at radius 1 is 0.667 bits per heavy atom. The molecule has 0 aromatic rings. The summed E-state index contributed by atoms with van der Waals surface area (Å²) in [6.45, 7) is 4.40. The third kappa shape index (κ3) is 19.5. The highest BCUT2D eigenvalue weighted by atomic mass is 16.5. The highest BCUT2D eigenvalue weighted by Crippen LogP contribution is 2.17. The van der Waals surface area contributed by atoms with Crippen molar-refractivity contribution in [2.24, 2.45) is 0 Å². The molecule has 0 aliphatic carbocycles. The lowest BCUT2D eigenvalue weighted by Crippen LogP contribution is -2.18. The first-order chi connectivity index (χ1) is 13.1. The third-order valence-corrected chi connectivity index (χ3v) is 5.08. The van der Waals surface area contributed by atoms with E-state index in [-0.39, 0.29) is 18.5 Å². The molecule has 0 aromatic carbocycles. The van der Waals surface area contributed by atoms with E-state index < -0.39 is 5.97 Å². The lowest BCUT2D eigenvalue weighted by Gasteiger charge is -2.18. The number of unbranched alkanes of at least 4 members (excludes halogenated alkanes) is 11. The van der Waals surface area contributed by atoms with Crippen LogP contribution in [-0.2, 0) is 14.3 Å². The van der Waals surface area contributed by atoms with Gasteiger partial charge in [-0.1, -0.05) is 78.1 Å². The standard InChI is InChI=1S/C23H44O4/c1-3-5-7-9-10-13-17-21(18-14-11-12-15-19-22(24)25)27-23(26)20-16-8-6-4-2/h21H,3-20H2,1-2H3,(H,24,25). The molecule has 1 N–H and O–H groups in total. The fraction of sp³-hybridized carbons (Fsp3) is 0.913. The van der Waals surface area contributed by atoms with Gasteiger partial charge >= 0.3 is 11.9 Å². The molecule has 0 fully saturated rings. The third-order valence-electron chi connectivity index (χ3n) is 5.08. The topological polar surface area (TPSA) is 63.6 Å². The minimum absolute atomic E-state index is 0.0343. The van der Waals surface area contributed by atoms with Crippen LogP contribution in [0.1, 0.15) is 129 Å². The fourth-order valence-electron chi connectivity index (χ4n) is 3.36. The van der Waals surface area contributed by atoms with E-state index in [1.807, 2.05) is 0 Å². The second-order valence-electron chi connectivity index (χ2n) is 7.83. The SMILES string of the molecule is CCCCCCCCC(CCCCCCC(=O)O)OC(=O)CCCCCC. The Labute approximate surface area is 167 Å². The van der Waals surface area contributed by atoms with E-state index >= 15 is 0 Å². The van der Waals surface area contributed by atoms with Gasteiger partial charge in [0.25, 0.3) is 0 Å². The van der Waals surface area contributed by atoms with Gasteiger partial charge in [0, 0.05) is 12.8 Å². The lowest BCUT2D eigenvalue weighted by molar-refractivity contribution is -0.150. The van der Waals surface area contributed by atoms with E-state index in [4.69, 9.17) is 9.84 Å². The summed E-state index contributed by atoms with van der Waals surface area (Å²) in [6.07, 6.45) is 18.4. The number of ether oxygens (including phenoxy) is 1. The molecule has 0 amide bonds. The molecule has 0 spiro atoms. The van der Waals surface area contributed by atoms with Gasteiger partial charge in [-0.05, 0) is 38.5 Å². The van der Waals surface area contributed by atoms with Crippen molar-refractivity contribution in [1.29, 1.82) is 0 Å². The number of hydrogen-bond donors (Lipinski definition) is 1. The van der Waals surface area contributed by atoms with Gasteiger partial charge in [-0.3, -0.25) is 9.59 Å². The Balaban J connectivity index is 4.04. The molecule has 4 nitrogen and oxygen atoms in total. The molecule has 0 rings (SSSR count). The summed E-state index contributed by atoms with van der Waals surface area (Å²) in [7, 11) is 0. The van der Waals surface area contributed by atoms with Crippen molar-refractivity contribution >= 4 is 11.9 Å². The minimum Gasteiger partial charge on any atom is -0.481 e. The van der Waals surface area contributed by atoms with Crippen LogP contribution in [0.3, 0.4) is 0 Å². The number of carbonyl (C=O) groups is 2. The summed E-state index contributed by atoms with van der Waals surface area (Å²) in [6, 6.07) is 0. The maximum atomic E-state index is 12.1. The van der Waals surface area contributed by atoms with Gasteiger partial charge in [-0.2, -0.15) is 0 Å². The van der Waals surface area contributed by atoms with Crippen LogP contribution in [0.2, 0.25) is 0 Å². The number of rotatable bonds is 20. The Kier molecular flexibility index (Phi) is 18.9. The van der Waals surface area contributed by atoms with Crippen molar-refractivity contribution in [3.63, 3.8) is 0 Å². The van der Waals surface area contributed by atoms with Gasteiger partial charge < -0.3 is 9.84 Å². The normalized spacial score (nSPS) is 12.1. The monoisotopic (exact) mass is 384 g/mol. The van der Waals surface area contributed by atoms with E-state index in [0.717, 1.165) is 57.8 Å². The van der Waals surface area contributed by atoms with Crippen molar-refractivity contribution in [3.8, 4) is 0 Å². The first kappa shape index (κ1) is 25.9. The fourth-order valence-corrected chi connectivity index (χ4v) is 3.36. The molecule has 160 valence electrons. The summed E-state index contributed by atoms with van der Waals surface area (Å²) in [4.78, 5) is 22.7. The number of carbonyl (C=O) groups excluding carboxylic acids is 1. The molecule has 0 radical (unpaired) electrons. The molecule has 0 bridgehead atoms. The van der Waals surface area contributed by atoms with Crippen LogP contribution in [0, 0.1) is 0 Å². The second-order valence-corrected chi connectivity index (χ2v) is 7.83. The zero-order valence-corrected chi connectivity index (χ0v) is 18.0. The summed E-state index contributed by atoms with van der Waals surface area (Å²) in [5.41, 5.74) is 0. The molecule has 0 aliphatic rings. The Morgan fingerprint density at radius 2 is 1.11 bits per heavy atom. The maximum Gasteiger partial charge on any atom is 0.306 e. The van der Waals surface area contributed by atoms with Crippen molar-refractivity contribution in [2.45, 2.75) is 136 Å². The van der Waals surface area contributed by atoms with Gasteiger partial charge in [0.15, 0.2) is 0 Å². The highest BCUT2D eigenvalue weighted by molar-refractivity contribution is 5.69. The van der Waals surface area contributed by atoms with Crippen molar-refractivity contribution in [1.82, 2.24) is 0 Å². The van der Waals surface area contributed by atoms with Crippen molar-refractivity contribution in [2.75, 3.05) is 0 Å². The lowest BCUT2D eigenvalue weighted by atomic mass is 10.0. The molecule has 0 heterocycles. The first-order valence-electron chi connectivity index (χ1n) is 11.5. The number of carboxylic acid groups (broad SMARTS) is 1. The molecular weight excluding hydrogens is 340 g/mol. The molecule has 0 saturated heterocycles. The molecule has 4 heteroatoms. The largest absolute Gasteiger partial charge is 0.481 e. The Hall–Kier alpha value is -1.06. The van der Waals surface area contributed by atoms with Crippen molar-refractivity contribution in [3.05, 3.63) is 0 Å². The molecule has 0 aromatic heterocycles. The van der Waals surface area contributed by atoms with Crippen LogP contribution < -0.4 is 0 Å². The predicted octanol–water partition coefficient (Wildman–Crippen LogP) is 7.04. The van der Waals surface area contributed by atoms with Gasteiger partial charge in [0.2, 0.25) is 0 Å². The summed E-state index contributed by atoms with van der Waals surface area (Å²) < 4.78 is 5.77. The Morgan fingerprint density at radius 3 is 1.67 bits per heavy atom. The zero-order valence-electron chi connectivity index (χ0n) is 18.0. The maximum absolute atomic E-state index is 12.1. The quantitative estimate of drug-likeness (QED) is 0.180. The number of hydrogen-bond acceptors (Lipinski definition) is 3. The molecular formula is C23H44O4. The number of aliphatic carboxylic acids is 1. The summed E-state index contributed by atoms with van der Waals surface area (Å²) in [5.74, 6) is -0.749. The number of carboxylic acids is 1. The van der Waals surface area contributed by atoms with Crippen LogP contribution >= 0.6 is 0 Å². The van der Waals surface area contributed by atoms with Crippen LogP contribution in [0.4, 0.5) is 0 Å². The van der Waals surface area contributed by atoms with Crippen LogP contribution in [0.15, 0.2) is 0 Å². The molecule has 1 atom stereocenters. The van der Waals surface area contributed by atoms with Gasteiger partial charge in [-0.25, -0.2) is 0 Å². The average molecular weight is 385 g/mol. The summed E-state index contributed by atoms with van der Waals surface area (Å²) >= 11 is 0. The zero-order chi connectivity index (χ0) is 20.2. The van der Waals surface area contributed by atoms with Crippen LogP contribution in [0.25, 0.3) is 0 Å². The molecule has 1 unspecified atom stereocenters. The second kappa shape index (κ2) is 19.7. The van der Waals surface area contributed by atoms with E-state index in [2.05, 4.69) is 13.8 Å². The van der Waals surface area contributed by atoms with Gasteiger partial charge in [0.1, 0.15) is 6.10 Å². The smallest absolute Gasteiger partial charge is 0.306 e. The Bertz CT molecular complexity index is 354.